The maximum atomic E-state index is 12.9. The first kappa shape index (κ1) is 30.3. The van der Waals surface area contributed by atoms with Gasteiger partial charge in [-0.25, -0.2) is 4.98 Å². The third kappa shape index (κ3) is 6.98. The van der Waals surface area contributed by atoms with Gasteiger partial charge in [0, 0.05) is 68.6 Å². The first-order valence-corrected chi connectivity index (χ1v) is 15.7. The van der Waals surface area contributed by atoms with Crippen LogP contribution in [0.4, 0.5) is 23.1 Å². The summed E-state index contributed by atoms with van der Waals surface area (Å²) in [5.41, 5.74) is 8.91. The SMILES string of the molecule is CCCCCN(c1ccc2nccn2c1)[C@@H]1CCCN(c2nnc(C(N)=O)c(Nc3ccc(C(=O)N4CCOCC4)cc3)n2)C1. The van der Waals surface area contributed by atoms with Crippen LogP contribution in [0, 0.1) is 0 Å². The molecule has 1 atom stereocenters. The van der Waals surface area contributed by atoms with Crippen molar-refractivity contribution in [2.75, 3.05) is 61.1 Å². The van der Waals surface area contributed by atoms with Gasteiger partial charge in [-0.3, -0.25) is 9.59 Å². The van der Waals surface area contributed by atoms with Crippen molar-refractivity contribution in [2.24, 2.45) is 5.73 Å². The number of morpholine rings is 1. The molecule has 2 aliphatic heterocycles. The number of nitrogens with two attached hydrogens (primary N) is 1. The number of nitrogens with zero attached hydrogens (tertiary/aromatic N) is 8. The number of benzene rings is 1. The van der Waals surface area contributed by atoms with E-state index in [-0.39, 0.29) is 23.5 Å². The number of nitrogens with one attached hydrogen (secondary N) is 1. The lowest BCUT2D eigenvalue weighted by Gasteiger charge is -2.40. The number of rotatable bonds is 11. The second kappa shape index (κ2) is 13.9. The van der Waals surface area contributed by atoms with Crippen molar-refractivity contribution in [1.82, 2.24) is 29.5 Å². The number of anilines is 4. The van der Waals surface area contributed by atoms with Crippen LogP contribution in [-0.2, 0) is 4.74 Å². The highest BCUT2D eigenvalue weighted by atomic mass is 16.5. The van der Waals surface area contributed by atoms with Crippen LogP contribution in [0.3, 0.4) is 0 Å². The van der Waals surface area contributed by atoms with Crippen LogP contribution in [0.5, 0.6) is 0 Å². The molecule has 3 N–H and O–H groups in total. The highest BCUT2D eigenvalue weighted by Crippen LogP contribution is 2.27. The number of fused-ring (bicyclic) bond motifs is 1. The molecule has 2 aliphatic rings. The normalized spacial score (nSPS) is 17.0. The van der Waals surface area contributed by atoms with Gasteiger partial charge in [-0.2, -0.15) is 4.98 Å². The molecule has 4 aromatic rings. The monoisotopic (exact) mass is 612 g/mol. The maximum absolute atomic E-state index is 12.9. The summed E-state index contributed by atoms with van der Waals surface area (Å²) in [5.74, 6) is -0.101. The smallest absolute Gasteiger partial charge is 0.273 e. The van der Waals surface area contributed by atoms with Gasteiger partial charge in [0.15, 0.2) is 11.5 Å². The van der Waals surface area contributed by atoms with E-state index in [0.29, 0.717) is 50.0 Å². The first-order valence-electron chi connectivity index (χ1n) is 15.7. The molecular formula is C32H40N10O3. The first-order chi connectivity index (χ1) is 22.0. The van der Waals surface area contributed by atoms with Crippen molar-refractivity contribution >= 4 is 40.6 Å². The summed E-state index contributed by atoms with van der Waals surface area (Å²) >= 11 is 0. The fraction of sp³-hybridized carbons (Fsp3) is 0.438. The average molecular weight is 613 g/mol. The molecule has 45 heavy (non-hydrogen) atoms. The minimum absolute atomic E-state index is 0.0398. The van der Waals surface area contributed by atoms with Crippen molar-refractivity contribution in [2.45, 2.75) is 45.1 Å². The molecule has 0 radical (unpaired) electrons. The Kier molecular flexibility index (Phi) is 9.34. The van der Waals surface area contributed by atoms with Gasteiger partial charge in [-0.05, 0) is 55.7 Å². The molecule has 6 rings (SSSR count). The Morgan fingerprint density at radius 3 is 2.67 bits per heavy atom. The number of ether oxygens (including phenoxy) is 1. The molecule has 1 aromatic carbocycles. The van der Waals surface area contributed by atoms with Gasteiger partial charge < -0.3 is 34.9 Å². The standard InChI is InChI=1S/C32H40N10O3/c1-2-3-4-15-42(26-11-12-27-34-13-16-40(27)21-26)25-6-5-14-41(22-25)32-36-30(28(29(33)43)37-38-32)35-24-9-7-23(8-10-24)31(44)39-17-19-45-20-18-39/h7-13,16,21,25H,2-6,14-15,17-20,22H2,1H3,(H2,33,43)(H,35,36,38)/t25-/m1/s1. The Morgan fingerprint density at radius 1 is 1.07 bits per heavy atom. The van der Waals surface area contributed by atoms with E-state index >= 15 is 0 Å². The summed E-state index contributed by atoms with van der Waals surface area (Å²) in [7, 11) is 0. The predicted octanol–water partition coefficient (Wildman–Crippen LogP) is 3.50. The molecule has 0 bridgehead atoms. The van der Waals surface area contributed by atoms with Crippen LogP contribution in [-0.4, -0.2) is 93.3 Å². The molecule has 236 valence electrons. The molecule has 3 aromatic heterocycles. The van der Waals surface area contributed by atoms with E-state index in [9.17, 15) is 9.59 Å². The van der Waals surface area contributed by atoms with Gasteiger partial charge in [-0.15, -0.1) is 10.2 Å². The number of carbonyl (C=O) groups is 2. The molecule has 0 saturated carbocycles. The number of hydrogen-bond acceptors (Lipinski definition) is 10. The van der Waals surface area contributed by atoms with Crippen LogP contribution < -0.4 is 20.9 Å². The van der Waals surface area contributed by atoms with Crippen LogP contribution >= 0.6 is 0 Å². The van der Waals surface area contributed by atoms with Crippen molar-refractivity contribution in [3.63, 3.8) is 0 Å². The third-order valence-electron chi connectivity index (χ3n) is 8.43. The molecule has 0 aliphatic carbocycles. The van der Waals surface area contributed by atoms with Crippen LogP contribution in [0.2, 0.25) is 0 Å². The number of primary amides is 1. The Morgan fingerprint density at radius 2 is 1.89 bits per heavy atom. The quantitative estimate of drug-likeness (QED) is 0.241. The summed E-state index contributed by atoms with van der Waals surface area (Å²) in [5, 5.41) is 11.7. The zero-order valence-corrected chi connectivity index (χ0v) is 25.6. The van der Waals surface area contributed by atoms with Crippen LogP contribution in [0.15, 0.2) is 55.0 Å². The van der Waals surface area contributed by atoms with Crippen molar-refractivity contribution in [1.29, 1.82) is 0 Å². The minimum atomic E-state index is -0.725. The van der Waals surface area contributed by atoms with Gasteiger partial charge >= 0.3 is 0 Å². The Hall–Kier alpha value is -4.78. The maximum Gasteiger partial charge on any atom is 0.273 e. The highest BCUT2D eigenvalue weighted by Gasteiger charge is 2.28. The number of pyridine rings is 1. The molecule has 13 heteroatoms. The topological polar surface area (TPSA) is 147 Å². The van der Waals surface area contributed by atoms with Crippen molar-refractivity contribution in [3.8, 4) is 0 Å². The lowest BCUT2D eigenvalue weighted by molar-refractivity contribution is 0.0303. The summed E-state index contributed by atoms with van der Waals surface area (Å²) in [6, 6.07) is 11.5. The van der Waals surface area contributed by atoms with E-state index in [0.717, 1.165) is 50.1 Å². The Labute approximate surface area is 262 Å². The number of aromatic nitrogens is 5. The molecular weight excluding hydrogens is 572 g/mol. The largest absolute Gasteiger partial charge is 0.378 e. The lowest BCUT2D eigenvalue weighted by Crippen LogP contribution is -2.49. The number of hydrogen-bond donors (Lipinski definition) is 2. The van der Waals surface area contributed by atoms with E-state index in [2.05, 4.69) is 60.0 Å². The summed E-state index contributed by atoms with van der Waals surface area (Å²) in [6.45, 7) is 6.88. The van der Waals surface area contributed by atoms with E-state index in [1.807, 2.05) is 12.4 Å². The zero-order chi connectivity index (χ0) is 31.2. The number of amides is 2. The van der Waals surface area contributed by atoms with E-state index in [4.69, 9.17) is 15.5 Å². The number of unbranched alkanes of at least 4 members (excludes halogenated alkanes) is 2. The summed E-state index contributed by atoms with van der Waals surface area (Å²) in [4.78, 5) is 40.7. The van der Waals surface area contributed by atoms with Crippen molar-refractivity contribution in [3.05, 3.63) is 66.2 Å². The summed E-state index contributed by atoms with van der Waals surface area (Å²) in [6.07, 6.45) is 11.4. The number of carbonyl (C=O) groups excluding carboxylic acids is 2. The van der Waals surface area contributed by atoms with E-state index in [1.54, 1.807) is 29.2 Å². The molecule has 0 spiro atoms. The predicted molar refractivity (Wildman–Crippen MR) is 172 cm³/mol. The van der Waals surface area contributed by atoms with Crippen molar-refractivity contribution < 1.29 is 14.3 Å². The van der Waals surface area contributed by atoms with Crippen LogP contribution in [0.1, 0.15) is 59.9 Å². The van der Waals surface area contributed by atoms with E-state index < -0.39 is 5.91 Å². The fourth-order valence-electron chi connectivity index (χ4n) is 6.01. The summed E-state index contributed by atoms with van der Waals surface area (Å²) < 4.78 is 7.41. The Bertz CT molecular complexity index is 1620. The molecule has 13 nitrogen and oxygen atoms in total. The average Bonchev–Trinajstić information content (AvgIpc) is 3.55. The number of piperidine rings is 1. The second-order valence-electron chi connectivity index (χ2n) is 11.5. The molecule has 5 heterocycles. The fourth-order valence-corrected chi connectivity index (χ4v) is 6.01. The highest BCUT2D eigenvalue weighted by molar-refractivity contribution is 5.97. The molecule has 2 amide bonds. The Balaban J connectivity index is 1.20. The van der Waals surface area contributed by atoms with Gasteiger partial charge in [0.05, 0.1) is 18.9 Å². The van der Waals surface area contributed by atoms with E-state index in [1.165, 1.54) is 6.42 Å². The molecule has 2 saturated heterocycles. The lowest BCUT2D eigenvalue weighted by atomic mass is 10.0. The second-order valence-corrected chi connectivity index (χ2v) is 11.5. The van der Waals surface area contributed by atoms with Gasteiger partial charge in [0.25, 0.3) is 11.8 Å². The van der Waals surface area contributed by atoms with Gasteiger partial charge in [0.2, 0.25) is 5.95 Å². The van der Waals surface area contributed by atoms with Gasteiger partial charge in [0.1, 0.15) is 5.65 Å². The minimum Gasteiger partial charge on any atom is -0.378 e. The zero-order valence-electron chi connectivity index (χ0n) is 25.6. The van der Waals surface area contributed by atoms with Crippen LogP contribution in [0.25, 0.3) is 5.65 Å². The molecule has 2 fully saturated rings. The number of imidazole rings is 1. The van der Waals surface area contributed by atoms with Gasteiger partial charge in [-0.1, -0.05) is 19.8 Å². The molecule has 0 unspecified atom stereocenters. The third-order valence-corrected chi connectivity index (χ3v) is 8.43.